The summed E-state index contributed by atoms with van der Waals surface area (Å²) in [7, 11) is 0. The number of amides is 2. The Balaban J connectivity index is 1.28. The van der Waals surface area contributed by atoms with Gasteiger partial charge in [-0.1, -0.05) is 18.2 Å². The van der Waals surface area contributed by atoms with Crippen LogP contribution in [0, 0.1) is 11.6 Å². The molecule has 240 valence electrons. The van der Waals surface area contributed by atoms with E-state index < -0.39 is 66.0 Å². The van der Waals surface area contributed by atoms with Gasteiger partial charge in [0.1, 0.15) is 29.4 Å². The number of halogens is 5. The van der Waals surface area contributed by atoms with Crippen molar-refractivity contribution in [2.45, 2.75) is 108 Å². The molecule has 0 unspecified atom stereocenters. The van der Waals surface area contributed by atoms with E-state index in [1.54, 1.807) is 39.0 Å². The van der Waals surface area contributed by atoms with Gasteiger partial charge in [0.15, 0.2) is 0 Å². The van der Waals surface area contributed by atoms with Crippen molar-refractivity contribution in [2.75, 3.05) is 13.1 Å². The first kappa shape index (κ1) is 32.2. The maximum Gasteiger partial charge on any atom is 0.410 e. The zero-order chi connectivity index (χ0) is 31.8. The highest BCUT2D eigenvalue weighted by atomic mass is 19.3. The van der Waals surface area contributed by atoms with E-state index in [1.807, 2.05) is 0 Å². The van der Waals surface area contributed by atoms with Crippen LogP contribution in [0.4, 0.5) is 26.7 Å². The van der Waals surface area contributed by atoms with Crippen LogP contribution in [0.3, 0.4) is 0 Å². The number of carbonyl (C=O) groups is 2. The lowest BCUT2D eigenvalue weighted by Crippen LogP contribution is -2.59. The van der Waals surface area contributed by atoms with Crippen LogP contribution in [0.25, 0.3) is 11.1 Å². The summed E-state index contributed by atoms with van der Waals surface area (Å²) >= 11 is 0. The fourth-order valence-corrected chi connectivity index (χ4v) is 6.21. The van der Waals surface area contributed by atoms with Crippen molar-refractivity contribution in [1.29, 1.82) is 0 Å². The van der Waals surface area contributed by atoms with Gasteiger partial charge in [-0.25, -0.2) is 26.7 Å². The molecule has 2 saturated carbocycles. The fraction of sp³-hybridized carbons (Fsp3) is 0.576. The largest absolute Gasteiger partial charge is 0.444 e. The number of carbonyl (C=O) groups excluding carboxylic acids is 2. The van der Waals surface area contributed by atoms with Gasteiger partial charge in [0.2, 0.25) is 5.91 Å². The first-order valence-corrected chi connectivity index (χ1v) is 15.2. The molecule has 1 saturated heterocycles. The summed E-state index contributed by atoms with van der Waals surface area (Å²) in [4.78, 5) is 26.9. The van der Waals surface area contributed by atoms with E-state index in [9.17, 15) is 18.4 Å². The molecule has 1 aliphatic heterocycles. The van der Waals surface area contributed by atoms with Crippen molar-refractivity contribution >= 4 is 12.0 Å². The van der Waals surface area contributed by atoms with Crippen molar-refractivity contribution in [3.63, 3.8) is 0 Å². The molecular formula is C33H39F5N2O4. The van der Waals surface area contributed by atoms with Gasteiger partial charge in [-0.3, -0.25) is 4.79 Å². The van der Waals surface area contributed by atoms with E-state index in [2.05, 4.69) is 5.32 Å². The standard InChI is InChI=1S/C33H39F5N2O4/c1-32(2,3)44-31(42)40-13-11-26(25(36)18-40)43-27-8-5-12-33(37,38)30(27)39-28(41)16-20-6-4-7-24(29(20)19-9-10-19)21-14-22(34)17-23(35)15-21/h4,6-7,14-15,17,19,25-27,30H,5,8-13,16,18H2,1-3H3,(H,39,41)/t25-,26+,27-,30+/m0/s1. The van der Waals surface area contributed by atoms with Crippen LogP contribution < -0.4 is 5.32 Å². The Morgan fingerprint density at radius 2 is 1.73 bits per heavy atom. The molecule has 2 amide bonds. The van der Waals surface area contributed by atoms with Gasteiger partial charge in [-0.15, -0.1) is 0 Å². The number of alkyl halides is 3. The van der Waals surface area contributed by atoms with E-state index >= 15 is 13.2 Å². The maximum atomic E-state index is 15.2. The van der Waals surface area contributed by atoms with E-state index in [1.165, 1.54) is 17.0 Å². The van der Waals surface area contributed by atoms with Crippen LogP contribution >= 0.6 is 0 Å². The number of nitrogens with zero attached hydrogens (tertiary/aromatic N) is 1. The van der Waals surface area contributed by atoms with Crippen LogP contribution in [0.5, 0.6) is 0 Å². The molecule has 3 aliphatic rings. The normalized spacial score (nSPS) is 25.4. The average Bonchev–Trinajstić information content (AvgIpc) is 3.75. The smallest absolute Gasteiger partial charge is 0.410 e. The number of piperidine rings is 1. The lowest BCUT2D eigenvalue weighted by Gasteiger charge is -2.42. The summed E-state index contributed by atoms with van der Waals surface area (Å²) in [5.41, 5.74) is 1.59. The van der Waals surface area contributed by atoms with Crippen LogP contribution in [0.1, 0.15) is 76.3 Å². The van der Waals surface area contributed by atoms with Gasteiger partial charge >= 0.3 is 6.09 Å². The first-order chi connectivity index (χ1) is 20.7. The van der Waals surface area contributed by atoms with E-state index in [0.29, 0.717) is 16.7 Å². The van der Waals surface area contributed by atoms with Crippen LogP contribution in [-0.4, -0.2) is 65.9 Å². The Labute approximate surface area is 254 Å². The van der Waals surface area contributed by atoms with Crippen LogP contribution in [0.15, 0.2) is 36.4 Å². The molecule has 44 heavy (non-hydrogen) atoms. The molecule has 0 bridgehead atoms. The van der Waals surface area contributed by atoms with E-state index in [0.717, 1.165) is 24.5 Å². The summed E-state index contributed by atoms with van der Waals surface area (Å²) < 4.78 is 84.9. The predicted molar refractivity (Wildman–Crippen MR) is 154 cm³/mol. The van der Waals surface area contributed by atoms with Gasteiger partial charge in [-0.05, 0) is 93.2 Å². The number of benzene rings is 2. The predicted octanol–water partition coefficient (Wildman–Crippen LogP) is 7.09. The summed E-state index contributed by atoms with van der Waals surface area (Å²) in [6, 6.07) is 6.73. The Morgan fingerprint density at radius 1 is 1.02 bits per heavy atom. The Bertz CT molecular complexity index is 1360. The third-order valence-electron chi connectivity index (χ3n) is 8.33. The van der Waals surface area contributed by atoms with Crippen molar-refractivity contribution in [3.05, 3.63) is 59.2 Å². The van der Waals surface area contributed by atoms with E-state index in [4.69, 9.17) is 9.47 Å². The number of nitrogens with one attached hydrogen (secondary N) is 1. The molecule has 1 N–H and O–H groups in total. The molecular weight excluding hydrogens is 583 g/mol. The zero-order valence-electron chi connectivity index (χ0n) is 25.2. The van der Waals surface area contributed by atoms with Gasteiger partial charge < -0.3 is 19.7 Å². The number of rotatable bonds is 7. The van der Waals surface area contributed by atoms with Gasteiger partial charge in [0.05, 0.1) is 25.2 Å². The highest BCUT2D eigenvalue weighted by Crippen LogP contribution is 2.46. The molecule has 5 rings (SSSR count). The Hall–Kier alpha value is -3.21. The van der Waals surface area contributed by atoms with Gasteiger partial charge in [-0.2, -0.15) is 0 Å². The van der Waals surface area contributed by atoms with Crippen LogP contribution in [-0.2, 0) is 20.7 Å². The number of hydrogen-bond acceptors (Lipinski definition) is 4. The second-order valence-electron chi connectivity index (χ2n) is 13.1. The van der Waals surface area contributed by atoms with Crippen molar-refractivity contribution in [2.24, 2.45) is 0 Å². The molecule has 2 aromatic carbocycles. The summed E-state index contributed by atoms with van der Waals surface area (Å²) in [6.07, 6.45) is -2.90. The Kier molecular flexibility index (Phi) is 9.26. The first-order valence-electron chi connectivity index (χ1n) is 15.2. The van der Waals surface area contributed by atoms with Crippen molar-refractivity contribution in [3.8, 4) is 11.1 Å². The molecule has 11 heteroatoms. The minimum atomic E-state index is -3.28. The number of hydrogen-bond donors (Lipinski definition) is 1. The minimum Gasteiger partial charge on any atom is -0.444 e. The highest BCUT2D eigenvalue weighted by Gasteiger charge is 2.50. The molecule has 3 fully saturated rings. The quantitative estimate of drug-likeness (QED) is 0.335. The summed E-state index contributed by atoms with van der Waals surface area (Å²) in [5.74, 6) is -5.27. The second-order valence-corrected chi connectivity index (χ2v) is 13.1. The van der Waals surface area contributed by atoms with Gasteiger partial charge in [0.25, 0.3) is 5.92 Å². The van der Waals surface area contributed by atoms with Crippen molar-refractivity contribution in [1.82, 2.24) is 10.2 Å². The molecule has 2 aliphatic carbocycles. The molecule has 0 aromatic heterocycles. The minimum absolute atomic E-state index is 0.0977. The fourth-order valence-electron chi connectivity index (χ4n) is 6.21. The molecule has 2 aromatic rings. The lowest BCUT2D eigenvalue weighted by molar-refractivity contribution is -0.165. The molecule has 0 radical (unpaired) electrons. The zero-order valence-corrected chi connectivity index (χ0v) is 25.2. The number of likely N-dealkylation sites (tertiary alicyclic amines) is 1. The van der Waals surface area contributed by atoms with Crippen LogP contribution in [0.2, 0.25) is 0 Å². The third kappa shape index (κ3) is 7.71. The Morgan fingerprint density at radius 3 is 2.36 bits per heavy atom. The molecule has 0 spiro atoms. The van der Waals surface area contributed by atoms with Crippen molar-refractivity contribution < 1.29 is 41.0 Å². The molecule has 4 atom stereocenters. The van der Waals surface area contributed by atoms with E-state index in [-0.39, 0.29) is 44.7 Å². The molecule has 1 heterocycles. The monoisotopic (exact) mass is 622 g/mol. The number of ether oxygens (including phenoxy) is 2. The SMILES string of the molecule is CC(C)(C)OC(=O)N1CC[C@@H](O[C@H]2CCCC(F)(F)[C@@H]2NC(=O)Cc2cccc(-c3cc(F)cc(F)c3)c2C2CC2)[C@@H](F)C1. The van der Waals surface area contributed by atoms with Gasteiger partial charge in [0, 0.05) is 19.0 Å². The maximum absolute atomic E-state index is 15.2. The average molecular weight is 623 g/mol. The summed E-state index contributed by atoms with van der Waals surface area (Å²) in [5, 5.41) is 2.49. The third-order valence-corrected chi connectivity index (χ3v) is 8.33. The topological polar surface area (TPSA) is 67.9 Å². The second kappa shape index (κ2) is 12.7. The molecule has 6 nitrogen and oxygen atoms in total. The lowest BCUT2D eigenvalue weighted by atomic mass is 9.87. The highest BCUT2D eigenvalue weighted by molar-refractivity contribution is 5.81. The summed E-state index contributed by atoms with van der Waals surface area (Å²) in [6.45, 7) is 4.99.